The van der Waals surface area contributed by atoms with E-state index in [0.717, 1.165) is 27.1 Å². The van der Waals surface area contributed by atoms with Crippen molar-refractivity contribution in [2.24, 2.45) is 5.73 Å². The van der Waals surface area contributed by atoms with Crippen LogP contribution in [0.15, 0.2) is 59.2 Å². The Morgan fingerprint density at radius 1 is 1.14 bits per heavy atom. The lowest BCUT2D eigenvalue weighted by Gasteiger charge is -2.08. The number of nitrogens with zero attached hydrogens (tertiary/aromatic N) is 1. The highest BCUT2D eigenvalue weighted by atomic mass is 79.9. The molecule has 1 heterocycles. The number of nitrogens with two attached hydrogens (primary N) is 1. The maximum Gasteiger partial charge on any atom is 0.128 e. The zero-order valence-electron chi connectivity index (χ0n) is 11.1. The Hall–Kier alpha value is -1.62. The quantitative estimate of drug-likeness (QED) is 0.718. The molecule has 0 aliphatic rings. The highest BCUT2D eigenvalue weighted by Gasteiger charge is 2.14. The summed E-state index contributed by atoms with van der Waals surface area (Å²) in [5, 5.41) is 0.660. The molecule has 0 saturated heterocycles. The second-order valence-electron chi connectivity index (χ2n) is 4.69. The van der Waals surface area contributed by atoms with E-state index in [0.29, 0.717) is 5.02 Å². The summed E-state index contributed by atoms with van der Waals surface area (Å²) in [4.78, 5) is 7.63. The number of H-pyrrole nitrogens is 1. The molecular formula is C16H13BrClN3. The molecule has 3 N–H and O–H groups in total. The molecule has 106 valence electrons. The largest absolute Gasteiger partial charge is 0.340 e. The monoisotopic (exact) mass is 361 g/mol. The Balaban J connectivity index is 1.93. The third-order valence-electron chi connectivity index (χ3n) is 3.27. The smallest absolute Gasteiger partial charge is 0.128 e. The molecule has 0 spiro atoms. The lowest BCUT2D eigenvalue weighted by molar-refractivity contribution is 0.801. The highest BCUT2D eigenvalue weighted by Crippen LogP contribution is 2.30. The van der Waals surface area contributed by atoms with E-state index in [1.165, 1.54) is 0 Å². The standard InChI is InChI=1S/C16H13BrClN3/c17-11-6-7-12(13(18)8-11)14-9-20-16(21-14)15(19)10-4-2-1-3-5-10/h1-9,15H,19H2,(H,20,21). The van der Waals surface area contributed by atoms with Crippen LogP contribution in [0.1, 0.15) is 17.4 Å². The number of hydrogen-bond acceptors (Lipinski definition) is 2. The van der Waals surface area contributed by atoms with Gasteiger partial charge in [0.15, 0.2) is 0 Å². The molecule has 3 nitrogen and oxygen atoms in total. The molecule has 0 aliphatic heterocycles. The third kappa shape index (κ3) is 3.02. The molecular weight excluding hydrogens is 350 g/mol. The average molecular weight is 363 g/mol. The van der Waals surface area contributed by atoms with Crippen LogP contribution < -0.4 is 5.73 Å². The van der Waals surface area contributed by atoms with Crippen LogP contribution in [0, 0.1) is 0 Å². The fraction of sp³-hybridized carbons (Fsp3) is 0.0625. The van der Waals surface area contributed by atoms with Crippen molar-refractivity contribution in [1.82, 2.24) is 9.97 Å². The summed E-state index contributed by atoms with van der Waals surface area (Å²) in [6, 6.07) is 15.3. The fourth-order valence-electron chi connectivity index (χ4n) is 2.16. The van der Waals surface area contributed by atoms with Crippen LogP contribution in [0.5, 0.6) is 0 Å². The number of nitrogens with one attached hydrogen (secondary N) is 1. The molecule has 0 saturated carbocycles. The minimum atomic E-state index is -0.283. The van der Waals surface area contributed by atoms with Crippen LogP contribution in [0.25, 0.3) is 11.3 Å². The summed E-state index contributed by atoms with van der Waals surface area (Å²) in [5.74, 6) is 0.718. The summed E-state index contributed by atoms with van der Waals surface area (Å²) in [7, 11) is 0. The van der Waals surface area contributed by atoms with E-state index in [2.05, 4.69) is 25.9 Å². The van der Waals surface area contributed by atoms with E-state index in [9.17, 15) is 0 Å². The van der Waals surface area contributed by atoms with E-state index in [4.69, 9.17) is 17.3 Å². The van der Waals surface area contributed by atoms with E-state index >= 15 is 0 Å². The van der Waals surface area contributed by atoms with Crippen LogP contribution in [-0.4, -0.2) is 9.97 Å². The lowest BCUT2D eigenvalue weighted by Crippen LogP contribution is -2.13. The SMILES string of the molecule is NC(c1ccccc1)c1ncc(-c2ccc(Br)cc2Cl)[nH]1. The van der Waals surface area contributed by atoms with E-state index in [1.807, 2.05) is 48.5 Å². The van der Waals surface area contributed by atoms with Gasteiger partial charge < -0.3 is 10.7 Å². The van der Waals surface area contributed by atoms with Crippen molar-refractivity contribution in [2.75, 3.05) is 0 Å². The first-order valence-corrected chi connectivity index (χ1v) is 7.63. The van der Waals surface area contributed by atoms with Gasteiger partial charge in [0, 0.05) is 10.0 Å². The normalized spacial score (nSPS) is 12.3. The number of benzene rings is 2. The molecule has 0 amide bonds. The fourth-order valence-corrected chi connectivity index (χ4v) is 2.93. The van der Waals surface area contributed by atoms with Crippen molar-refractivity contribution in [1.29, 1.82) is 0 Å². The molecule has 0 radical (unpaired) electrons. The Kier molecular flexibility index (Phi) is 4.10. The van der Waals surface area contributed by atoms with Gasteiger partial charge >= 0.3 is 0 Å². The van der Waals surface area contributed by atoms with Crippen LogP contribution in [-0.2, 0) is 0 Å². The van der Waals surface area contributed by atoms with Gasteiger partial charge in [-0.2, -0.15) is 0 Å². The second-order valence-corrected chi connectivity index (χ2v) is 6.02. The predicted octanol–water partition coefficient (Wildman–Crippen LogP) is 4.54. The summed E-state index contributed by atoms with van der Waals surface area (Å²) >= 11 is 9.66. The van der Waals surface area contributed by atoms with Gasteiger partial charge in [0.1, 0.15) is 5.82 Å². The molecule has 0 bridgehead atoms. The predicted molar refractivity (Wildman–Crippen MR) is 89.2 cm³/mol. The van der Waals surface area contributed by atoms with Crippen LogP contribution in [0.3, 0.4) is 0 Å². The first-order chi connectivity index (χ1) is 10.1. The number of imidazole rings is 1. The zero-order valence-corrected chi connectivity index (χ0v) is 13.4. The van der Waals surface area contributed by atoms with Gasteiger partial charge in [-0.05, 0) is 17.7 Å². The van der Waals surface area contributed by atoms with E-state index in [1.54, 1.807) is 6.20 Å². The van der Waals surface area contributed by atoms with Crippen LogP contribution in [0.2, 0.25) is 5.02 Å². The lowest BCUT2D eigenvalue weighted by atomic mass is 10.1. The first kappa shape index (κ1) is 14.3. The highest BCUT2D eigenvalue weighted by molar-refractivity contribution is 9.10. The van der Waals surface area contributed by atoms with E-state index in [-0.39, 0.29) is 6.04 Å². The molecule has 1 aromatic heterocycles. The van der Waals surface area contributed by atoms with Crippen LogP contribution >= 0.6 is 27.5 Å². The topological polar surface area (TPSA) is 54.7 Å². The van der Waals surface area contributed by atoms with Crippen LogP contribution in [0.4, 0.5) is 0 Å². The Bertz CT molecular complexity index is 755. The third-order valence-corrected chi connectivity index (χ3v) is 4.08. The molecule has 5 heteroatoms. The van der Waals surface area contributed by atoms with E-state index < -0.39 is 0 Å². The van der Waals surface area contributed by atoms with Gasteiger partial charge in [0.2, 0.25) is 0 Å². The molecule has 3 aromatic rings. The van der Waals surface area contributed by atoms with Crippen molar-refractivity contribution in [3.63, 3.8) is 0 Å². The molecule has 1 atom stereocenters. The van der Waals surface area contributed by atoms with Gasteiger partial charge in [-0.25, -0.2) is 4.98 Å². The summed E-state index contributed by atoms with van der Waals surface area (Å²) < 4.78 is 0.942. The summed E-state index contributed by atoms with van der Waals surface area (Å²) in [5.41, 5.74) is 9.01. The first-order valence-electron chi connectivity index (χ1n) is 6.46. The van der Waals surface area contributed by atoms with Gasteiger partial charge in [-0.1, -0.05) is 63.9 Å². The zero-order chi connectivity index (χ0) is 14.8. The van der Waals surface area contributed by atoms with Crippen molar-refractivity contribution >= 4 is 27.5 Å². The number of hydrogen-bond donors (Lipinski definition) is 2. The maximum absolute atomic E-state index is 6.26. The van der Waals surface area contributed by atoms with Crippen molar-refractivity contribution in [3.8, 4) is 11.3 Å². The summed E-state index contributed by atoms with van der Waals surface area (Å²) in [6.07, 6.45) is 1.76. The maximum atomic E-state index is 6.26. The van der Waals surface area contributed by atoms with Gasteiger partial charge in [0.05, 0.1) is 23.0 Å². The number of halogens is 2. The van der Waals surface area contributed by atoms with Crippen molar-refractivity contribution in [3.05, 3.63) is 75.6 Å². The number of rotatable bonds is 3. The average Bonchev–Trinajstić information content (AvgIpc) is 2.97. The minimum Gasteiger partial charge on any atom is -0.340 e. The summed E-state index contributed by atoms with van der Waals surface area (Å²) in [6.45, 7) is 0. The molecule has 0 aliphatic carbocycles. The van der Waals surface area contributed by atoms with Crippen molar-refractivity contribution < 1.29 is 0 Å². The Labute approximate surface area is 136 Å². The second kappa shape index (κ2) is 6.02. The molecule has 0 fully saturated rings. The van der Waals surface area contributed by atoms with Gasteiger partial charge in [-0.3, -0.25) is 0 Å². The molecule has 1 unspecified atom stereocenters. The molecule has 2 aromatic carbocycles. The Morgan fingerprint density at radius 3 is 2.62 bits per heavy atom. The minimum absolute atomic E-state index is 0.283. The van der Waals surface area contributed by atoms with Gasteiger partial charge in [-0.15, -0.1) is 0 Å². The number of aromatic nitrogens is 2. The Morgan fingerprint density at radius 2 is 1.90 bits per heavy atom. The van der Waals surface area contributed by atoms with Gasteiger partial charge in [0.25, 0.3) is 0 Å². The van der Waals surface area contributed by atoms with Crippen molar-refractivity contribution in [2.45, 2.75) is 6.04 Å². The molecule has 3 rings (SSSR count). The number of aromatic amines is 1. The molecule has 21 heavy (non-hydrogen) atoms.